The Hall–Kier alpha value is -2.12. The van der Waals surface area contributed by atoms with E-state index in [-0.39, 0.29) is 31.4 Å². The van der Waals surface area contributed by atoms with E-state index in [4.69, 9.17) is 5.11 Å². The molecule has 4 amide bonds. The van der Waals surface area contributed by atoms with Gasteiger partial charge in [-0.05, 0) is 13.3 Å². The molecule has 1 heterocycles. The summed E-state index contributed by atoms with van der Waals surface area (Å²) in [4.78, 5) is 47.2. The second-order valence-corrected chi connectivity index (χ2v) is 4.42. The normalized spacial score (nSPS) is 16.7. The molecule has 1 fully saturated rings. The number of carbonyl (C=O) groups excluding carboxylic acids is 3. The summed E-state index contributed by atoms with van der Waals surface area (Å²) in [5.74, 6) is -1.81. The minimum absolute atomic E-state index is 0.0566. The average molecular weight is 271 g/mol. The van der Waals surface area contributed by atoms with Gasteiger partial charge in [-0.25, -0.2) is 4.79 Å². The number of carboxylic acid groups (broad SMARTS) is 1. The van der Waals surface area contributed by atoms with Gasteiger partial charge >= 0.3 is 12.0 Å². The summed E-state index contributed by atoms with van der Waals surface area (Å²) in [6, 6.07) is -1.32. The topological polar surface area (TPSA) is 107 Å². The highest BCUT2D eigenvalue weighted by Crippen LogP contribution is 2.09. The van der Waals surface area contributed by atoms with Gasteiger partial charge in [0, 0.05) is 20.0 Å². The van der Waals surface area contributed by atoms with Crippen molar-refractivity contribution in [2.75, 3.05) is 20.1 Å². The number of likely N-dealkylation sites (N-methyl/N-ethyl adjacent to an activating group) is 1. The van der Waals surface area contributed by atoms with Crippen molar-refractivity contribution in [1.82, 2.24) is 15.1 Å². The van der Waals surface area contributed by atoms with Gasteiger partial charge < -0.3 is 15.3 Å². The molecule has 8 heteroatoms. The van der Waals surface area contributed by atoms with Gasteiger partial charge in [0.2, 0.25) is 11.8 Å². The molecular weight excluding hydrogens is 254 g/mol. The first-order valence-electron chi connectivity index (χ1n) is 5.90. The van der Waals surface area contributed by atoms with Crippen LogP contribution in [0.15, 0.2) is 0 Å². The number of aliphatic carboxylic acids is 1. The minimum Gasteiger partial charge on any atom is -0.480 e. The molecule has 106 valence electrons. The summed E-state index contributed by atoms with van der Waals surface area (Å²) < 4.78 is 0. The van der Waals surface area contributed by atoms with Gasteiger partial charge in [-0.3, -0.25) is 19.3 Å². The summed E-state index contributed by atoms with van der Waals surface area (Å²) in [7, 11) is 1.53. The fourth-order valence-corrected chi connectivity index (χ4v) is 1.66. The van der Waals surface area contributed by atoms with Crippen molar-refractivity contribution < 1.29 is 24.3 Å². The van der Waals surface area contributed by atoms with Gasteiger partial charge in [0.25, 0.3) is 0 Å². The number of carboxylic acids is 1. The summed E-state index contributed by atoms with van der Waals surface area (Å²) >= 11 is 0. The van der Waals surface area contributed by atoms with Crippen molar-refractivity contribution in [3.63, 3.8) is 0 Å². The molecule has 19 heavy (non-hydrogen) atoms. The number of rotatable bonds is 6. The number of imide groups is 1. The first-order valence-corrected chi connectivity index (χ1v) is 5.90. The third kappa shape index (κ3) is 3.94. The Kier molecular flexibility index (Phi) is 4.85. The first kappa shape index (κ1) is 14.9. The van der Waals surface area contributed by atoms with Crippen LogP contribution in [0.1, 0.15) is 19.8 Å². The minimum atomic E-state index is -1.11. The van der Waals surface area contributed by atoms with Crippen LogP contribution in [-0.4, -0.2) is 64.9 Å². The Morgan fingerprint density at radius 1 is 1.42 bits per heavy atom. The van der Waals surface area contributed by atoms with Crippen LogP contribution in [0.25, 0.3) is 0 Å². The van der Waals surface area contributed by atoms with Crippen LogP contribution in [-0.2, 0) is 14.4 Å². The number of nitrogens with zero attached hydrogens (tertiary/aromatic N) is 2. The van der Waals surface area contributed by atoms with Gasteiger partial charge in [-0.1, -0.05) is 0 Å². The number of hydrogen-bond donors (Lipinski definition) is 2. The highest BCUT2D eigenvalue weighted by atomic mass is 16.4. The molecule has 1 atom stereocenters. The molecule has 0 spiro atoms. The van der Waals surface area contributed by atoms with E-state index >= 15 is 0 Å². The third-order valence-electron chi connectivity index (χ3n) is 2.76. The molecule has 2 N–H and O–H groups in total. The van der Waals surface area contributed by atoms with Gasteiger partial charge in [-0.2, -0.15) is 0 Å². The molecule has 8 nitrogen and oxygen atoms in total. The number of hydrogen-bond acceptors (Lipinski definition) is 4. The van der Waals surface area contributed by atoms with Crippen molar-refractivity contribution >= 4 is 23.8 Å². The van der Waals surface area contributed by atoms with E-state index in [1.54, 1.807) is 0 Å². The van der Waals surface area contributed by atoms with E-state index in [0.717, 1.165) is 4.90 Å². The molecule has 0 bridgehead atoms. The number of nitrogens with one attached hydrogen (secondary N) is 1. The summed E-state index contributed by atoms with van der Waals surface area (Å²) in [5, 5.41) is 10.9. The zero-order valence-corrected chi connectivity index (χ0v) is 10.9. The van der Waals surface area contributed by atoms with Gasteiger partial charge in [0.15, 0.2) is 0 Å². The molecule has 1 aliphatic heterocycles. The van der Waals surface area contributed by atoms with Crippen LogP contribution in [0.4, 0.5) is 4.79 Å². The number of urea groups is 1. The Balaban J connectivity index is 2.31. The predicted molar refractivity (Wildman–Crippen MR) is 64.2 cm³/mol. The zero-order chi connectivity index (χ0) is 14.6. The highest BCUT2D eigenvalue weighted by molar-refractivity contribution is 6.01. The molecule has 0 aromatic carbocycles. The van der Waals surface area contributed by atoms with Crippen molar-refractivity contribution in [3.05, 3.63) is 0 Å². The molecule has 0 aromatic heterocycles. The van der Waals surface area contributed by atoms with E-state index in [0.29, 0.717) is 6.42 Å². The molecule has 0 aromatic rings. The molecule has 1 saturated heterocycles. The average Bonchev–Trinajstić information content (AvgIpc) is 2.55. The molecule has 0 radical (unpaired) electrons. The zero-order valence-electron chi connectivity index (χ0n) is 10.9. The van der Waals surface area contributed by atoms with Crippen LogP contribution >= 0.6 is 0 Å². The number of amides is 4. The lowest BCUT2D eigenvalue weighted by atomic mass is 10.2. The third-order valence-corrected chi connectivity index (χ3v) is 2.76. The van der Waals surface area contributed by atoms with E-state index in [2.05, 4.69) is 5.32 Å². The van der Waals surface area contributed by atoms with Gasteiger partial charge in [-0.15, -0.1) is 0 Å². The molecule has 0 aliphatic carbocycles. The lowest BCUT2D eigenvalue weighted by Crippen LogP contribution is -2.39. The molecule has 1 aliphatic rings. The fourth-order valence-electron chi connectivity index (χ4n) is 1.66. The van der Waals surface area contributed by atoms with E-state index in [9.17, 15) is 19.2 Å². The molecule has 0 saturated carbocycles. The van der Waals surface area contributed by atoms with Crippen LogP contribution in [0.3, 0.4) is 0 Å². The maximum absolute atomic E-state index is 11.5. The standard InChI is InChI=1S/C11H17N3O5/c1-7(10(17)18)12-8(15)4-3-5-14-9(16)6-13(2)11(14)19/h7H,3-6H2,1-2H3,(H,12,15)(H,17,18)/t7-/m0/s1. The van der Waals surface area contributed by atoms with E-state index in [1.165, 1.54) is 18.9 Å². The van der Waals surface area contributed by atoms with Crippen molar-refractivity contribution in [1.29, 1.82) is 0 Å². The van der Waals surface area contributed by atoms with Crippen molar-refractivity contribution in [2.24, 2.45) is 0 Å². The van der Waals surface area contributed by atoms with Gasteiger partial charge in [0.1, 0.15) is 12.6 Å². The monoisotopic (exact) mass is 271 g/mol. The van der Waals surface area contributed by atoms with Crippen molar-refractivity contribution in [3.8, 4) is 0 Å². The summed E-state index contributed by atoms with van der Waals surface area (Å²) in [5.41, 5.74) is 0. The smallest absolute Gasteiger partial charge is 0.326 e. The molecule has 0 unspecified atom stereocenters. The van der Waals surface area contributed by atoms with E-state index < -0.39 is 17.9 Å². The van der Waals surface area contributed by atoms with Crippen LogP contribution < -0.4 is 5.32 Å². The van der Waals surface area contributed by atoms with E-state index in [1.807, 2.05) is 0 Å². The number of carbonyl (C=O) groups is 4. The first-order chi connectivity index (χ1) is 8.82. The fraction of sp³-hybridized carbons (Fsp3) is 0.636. The Bertz CT molecular complexity index is 409. The van der Waals surface area contributed by atoms with Crippen LogP contribution in [0.2, 0.25) is 0 Å². The second-order valence-electron chi connectivity index (χ2n) is 4.42. The Labute approximate surface area is 110 Å². The summed E-state index contributed by atoms with van der Waals surface area (Å²) in [6.45, 7) is 1.58. The van der Waals surface area contributed by atoms with Crippen LogP contribution in [0, 0.1) is 0 Å². The Morgan fingerprint density at radius 2 is 2.05 bits per heavy atom. The maximum atomic E-state index is 11.5. The second kappa shape index (κ2) is 6.17. The van der Waals surface area contributed by atoms with Crippen molar-refractivity contribution in [2.45, 2.75) is 25.8 Å². The lowest BCUT2D eigenvalue weighted by molar-refractivity contribution is -0.141. The predicted octanol–water partition coefficient (Wildman–Crippen LogP) is -0.750. The SMILES string of the molecule is C[C@H](NC(=O)CCCN1C(=O)CN(C)C1=O)C(=O)O. The molecule has 1 rings (SSSR count). The summed E-state index contributed by atoms with van der Waals surface area (Å²) in [6.07, 6.45) is 0.377. The Morgan fingerprint density at radius 3 is 2.53 bits per heavy atom. The quantitative estimate of drug-likeness (QED) is 0.618. The lowest BCUT2D eigenvalue weighted by Gasteiger charge is -2.14. The molecular formula is C11H17N3O5. The van der Waals surface area contributed by atoms with Crippen LogP contribution in [0.5, 0.6) is 0 Å². The van der Waals surface area contributed by atoms with Gasteiger partial charge in [0.05, 0.1) is 0 Å². The highest BCUT2D eigenvalue weighted by Gasteiger charge is 2.32. The maximum Gasteiger partial charge on any atom is 0.326 e. The largest absolute Gasteiger partial charge is 0.480 e.